The van der Waals surface area contributed by atoms with Crippen molar-refractivity contribution in [2.45, 2.75) is 6.10 Å². The first kappa shape index (κ1) is 17.3. The van der Waals surface area contributed by atoms with E-state index in [-0.39, 0.29) is 12.0 Å². The summed E-state index contributed by atoms with van der Waals surface area (Å²) in [5.41, 5.74) is 2.52. The highest BCUT2D eigenvalue weighted by atomic mass is 35.5. The molecule has 1 N–H and O–H groups in total. The lowest BCUT2D eigenvalue weighted by molar-refractivity contribution is 0.0828. The van der Waals surface area contributed by atoms with Gasteiger partial charge in [0.25, 0.3) is 5.91 Å². The van der Waals surface area contributed by atoms with Gasteiger partial charge in [-0.2, -0.15) is 0 Å². The van der Waals surface area contributed by atoms with E-state index in [2.05, 4.69) is 5.32 Å². The summed E-state index contributed by atoms with van der Waals surface area (Å²) in [5.74, 6) is -0.135. The third kappa shape index (κ3) is 4.47. The number of carbonyl (C=O) groups excluding carboxylic acids is 1. The zero-order valence-corrected chi connectivity index (χ0v) is 14.3. The minimum atomic E-state index is -0.284. The molecule has 2 rings (SSSR count). The Morgan fingerprint density at radius 1 is 1.17 bits per heavy atom. The van der Waals surface area contributed by atoms with E-state index in [1.165, 1.54) is 0 Å². The number of methoxy groups -OCH3 is 1. The summed E-state index contributed by atoms with van der Waals surface area (Å²) in [4.78, 5) is 14.2. The first-order chi connectivity index (χ1) is 11.0. The molecule has 0 saturated carbocycles. The van der Waals surface area contributed by atoms with Crippen LogP contribution in [0.1, 0.15) is 22.0 Å². The van der Waals surface area contributed by atoms with Crippen LogP contribution in [0.4, 0.5) is 5.69 Å². The van der Waals surface area contributed by atoms with Gasteiger partial charge in [-0.05, 0) is 30.3 Å². The van der Waals surface area contributed by atoms with E-state index < -0.39 is 0 Å². The highest BCUT2D eigenvalue weighted by Crippen LogP contribution is 2.24. The molecule has 1 amide bonds. The summed E-state index contributed by atoms with van der Waals surface area (Å²) in [6.07, 6.45) is -0.284. The van der Waals surface area contributed by atoms with Crippen LogP contribution in [0, 0.1) is 0 Å². The van der Waals surface area contributed by atoms with Gasteiger partial charge in [0, 0.05) is 49.6 Å². The molecule has 4 nitrogen and oxygen atoms in total. The topological polar surface area (TPSA) is 41.6 Å². The fourth-order valence-corrected chi connectivity index (χ4v) is 2.51. The largest absolute Gasteiger partial charge is 0.378 e. The summed E-state index contributed by atoms with van der Waals surface area (Å²) in [7, 11) is 5.52. The maximum atomic E-state index is 12.2. The molecular weight excluding hydrogens is 312 g/mol. The number of nitrogens with one attached hydrogen (secondary N) is 1. The number of nitrogens with zero attached hydrogens (tertiary/aromatic N) is 1. The number of hydrogen-bond acceptors (Lipinski definition) is 3. The monoisotopic (exact) mass is 332 g/mol. The lowest BCUT2D eigenvalue weighted by Gasteiger charge is -2.18. The van der Waals surface area contributed by atoms with E-state index in [0.29, 0.717) is 17.1 Å². The molecule has 0 radical (unpaired) electrons. The Kier molecular flexibility index (Phi) is 6.02. The lowest BCUT2D eigenvalue weighted by Crippen LogP contribution is -2.29. The highest BCUT2D eigenvalue weighted by Gasteiger charge is 2.15. The van der Waals surface area contributed by atoms with Crippen molar-refractivity contribution in [3.8, 4) is 0 Å². The Bertz CT molecular complexity index is 656. The molecule has 0 aliphatic rings. The Morgan fingerprint density at radius 2 is 1.83 bits per heavy atom. The highest BCUT2D eigenvalue weighted by molar-refractivity contribution is 6.31. The number of ether oxygens (including phenoxy) is 1. The zero-order valence-electron chi connectivity index (χ0n) is 13.5. The molecule has 2 aromatic rings. The van der Waals surface area contributed by atoms with Crippen molar-refractivity contribution in [1.82, 2.24) is 5.32 Å². The molecule has 0 spiro atoms. The molecule has 0 fully saturated rings. The van der Waals surface area contributed by atoms with Gasteiger partial charge in [0.1, 0.15) is 6.10 Å². The molecule has 2 aromatic carbocycles. The van der Waals surface area contributed by atoms with Crippen LogP contribution < -0.4 is 10.2 Å². The van der Waals surface area contributed by atoms with Gasteiger partial charge in [-0.1, -0.05) is 29.8 Å². The van der Waals surface area contributed by atoms with Crippen LogP contribution in [0.2, 0.25) is 5.02 Å². The van der Waals surface area contributed by atoms with Gasteiger partial charge >= 0.3 is 0 Å². The second-order valence-corrected chi connectivity index (χ2v) is 5.80. The van der Waals surface area contributed by atoms with E-state index in [4.69, 9.17) is 16.3 Å². The van der Waals surface area contributed by atoms with Gasteiger partial charge in [0.15, 0.2) is 0 Å². The second kappa shape index (κ2) is 7.99. The Labute approximate surface area is 142 Å². The van der Waals surface area contributed by atoms with E-state index in [0.717, 1.165) is 11.3 Å². The molecule has 0 saturated heterocycles. The number of anilines is 1. The van der Waals surface area contributed by atoms with Gasteiger partial charge in [-0.25, -0.2) is 0 Å². The SMILES string of the molecule is COC(CNC(=O)c1ccc(N(C)C)cc1)c1ccccc1Cl. The molecule has 0 heterocycles. The lowest BCUT2D eigenvalue weighted by atomic mass is 10.1. The molecule has 122 valence electrons. The van der Waals surface area contributed by atoms with E-state index in [1.807, 2.05) is 67.5 Å². The second-order valence-electron chi connectivity index (χ2n) is 5.40. The van der Waals surface area contributed by atoms with Crippen LogP contribution in [0.3, 0.4) is 0 Å². The Hall–Kier alpha value is -2.04. The fraction of sp³-hybridized carbons (Fsp3) is 0.278. The molecule has 1 unspecified atom stereocenters. The molecule has 23 heavy (non-hydrogen) atoms. The summed E-state index contributed by atoms with van der Waals surface area (Å²) in [6, 6.07) is 14.9. The van der Waals surface area contributed by atoms with Crippen LogP contribution in [-0.2, 0) is 4.74 Å². The van der Waals surface area contributed by atoms with Crippen molar-refractivity contribution in [3.63, 3.8) is 0 Å². The minimum absolute atomic E-state index is 0.135. The first-order valence-electron chi connectivity index (χ1n) is 7.35. The Morgan fingerprint density at radius 3 is 2.39 bits per heavy atom. The Balaban J connectivity index is 2.01. The number of hydrogen-bond donors (Lipinski definition) is 1. The van der Waals surface area contributed by atoms with Crippen molar-refractivity contribution >= 4 is 23.2 Å². The standard InChI is InChI=1S/C18H21ClN2O2/c1-21(2)14-10-8-13(9-11-14)18(22)20-12-17(23-3)15-6-4-5-7-16(15)19/h4-11,17H,12H2,1-3H3,(H,20,22). The third-order valence-electron chi connectivity index (χ3n) is 3.63. The maximum absolute atomic E-state index is 12.2. The number of amides is 1. The van der Waals surface area contributed by atoms with E-state index >= 15 is 0 Å². The quantitative estimate of drug-likeness (QED) is 0.880. The van der Waals surface area contributed by atoms with Crippen LogP contribution in [0.15, 0.2) is 48.5 Å². The average Bonchev–Trinajstić information content (AvgIpc) is 2.56. The van der Waals surface area contributed by atoms with Crippen LogP contribution in [-0.4, -0.2) is 33.7 Å². The molecule has 0 aliphatic carbocycles. The fourth-order valence-electron chi connectivity index (χ4n) is 2.25. The van der Waals surface area contributed by atoms with Gasteiger partial charge in [0.2, 0.25) is 0 Å². The van der Waals surface area contributed by atoms with Crippen molar-refractivity contribution in [1.29, 1.82) is 0 Å². The van der Waals surface area contributed by atoms with Crippen LogP contribution in [0.25, 0.3) is 0 Å². The van der Waals surface area contributed by atoms with Crippen molar-refractivity contribution in [3.05, 3.63) is 64.7 Å². The van der Waals surface area contributed by atoms with Gasteiger partial charge in [-0.3, -0.25) is 4.79 Å². The van der Waals surface area contributed by atoms with E-state index in [1.54, 1.807) is 7.11 Å². The normalized spacial score (nSPS) is 11.8. The van der Waals surface area contributed by atoms with Crippen molar-refractivity contribution in [2.75, 3.05) is 32.6 Å². The smallest absolute Gasteiger partial charge is 0.251 e. The van der Waals surface area contributed by atoms with Gasteiger partial charge in [-0.15, -0.1) is 0 Å². The van der Waals surface area contributed by atoms with Crippen molar-refractivity contribution in [2.24, 2.45) is 0 Å². The number of rotatable bonds is 6. The van der Waals surface area contributed by atoms with Gasteiger partial charge in [0.05, 0.1) is 0 Å². The number of benzene rings is 2. The van der Waals surface area contributed by atoms with E-state index in [9.17, 15) is 4.79 Å². The van der Waals surface area contributed by atoms with Gasteiger partial charge < -0.3 is 15.0 Å². The molecule has 0 bridgehead atoms. The predicted octanol–water partition coefficient (Wildman–Crippen LogP) is 3.52. The molecule has 0 aliphatic heterocycles. The minimum Gasteiger partial charge on any atom is -0.378 e. The number of carbonyl (C=O) groups is 1. The average molecular weight is 333 g/mol. The third-order valence-corrected chi connectivity index (χ3v) is 3.97. The molecule has 5 heteroatoms. The van der Waals surface area contributed by atoms with Crippen LogP contribution in [0.5, 0.6) is 0 Å². The summed E-state index contributed by atoms with van der Waals surface area (Å²) in [5, 5.41) is 3.52. The molecule has 1 atom stereocenters. The summed E-state index contributed by atoms with van der Waals surface area (Å²) >= 11 is 6.18. The van der Waals surface area contributed by atoms with Crippen molar-refractivity contribution < 1.29 is 9.53 Å². The molecule has 0 aromatic heterocycles. The molecular formula is C18H21ClN2O2. The van der Waals surface area contributed by atoms with Crippen LogP contribution >= 0.6 is 11.6 Å². The summed E-state index contributed by atoms with van der Waals surface area (Å²) in [6.45, 7) is 0.356. The predicted molar refractivity (Wildman–Crippen MR) is 94.3 cm³/mol. The first-order valence-corrected chi connectivity index (χ1v) is 7.73. The zero-order chi connectivity index (χ0) is 16.8. The number of halogens is 1. The summed E-state index contributed by atoms with van der Waals surface area (Å²) < 4.78 is 5.45. The maximum Gasteiger partial charge on any atom is 0.251 e.